The van der Waals surface area contributed by atoms with E-state index in [2.05, 4.69) is 4.98 Å². The number of rotatable bonds is 10. The third-order valence-electron chi connectivity index (χ3n) is 6.85. The van der Waals surface area contributed by atoms with Gasteiger partial charge in [0.05, 0.1) is 12.6 Å². The molecule has 216 valence electrons. The number of hydrogen-bond acceptors (Lipinski definition) is 7. The van der Waals surface area contributed by atoms with Crippen LogP contribution in [0.5, 0.6) is 0 Å². The van der Waals surface area contributed by atoms with Gasteiger partial charge in [-0.3, -0.25) is 14.6 Å². The lowest BCUT2D eigenvalue weighted by atomic mass is 9.88. The van der Waals surface area contributed by atoms with Gasteiger partial charge < -0.3 is 19.1 Å². The lowest BCUT2D eigenvalue weighted by Crippen LogP contribution is -2.58. The summed E-state index contributed by atoms with van der Waals surface area (Å²) in [5.74, 6) is -1.62. The van der Waals surface area contributed by atoms with E-state index in [1.165, 1.54) is 11.8 Å². The van der Waals surface area contributed by atoms with Crippen molar-refractivity contribution in [3.63, 3.8) is 0 Å². The summed E-state index contributed by atoms with van der Waals surface area (Å²) < 4.78 is 17.8. The molecule has 2 aromatic carbocycles. The summed E-state index contributed by atoms with van der Waals surface area (Å²) in [5, 5.41) is 1.05. The zero-order valence-electron chi connectivity index (χ0n) is 23.0. The van der Waals surface area contributed by atoms with E-state index in [1.807, 2.05) is 19.1 Å². The van der Waals surface area contributed by atoms with Crippen LogP contribution in [0.15, 0.2) is 73.1 Å². The van der Waals surface area contributed by atoms with Gasteiger partial charge in [0.1, 0.15) is 12.1 Å². The SMILES string of the molecule is CCC[C@H](C(=O)OCC)N1C(=O)[C@H](C(OC(C)=O)c2ccncc2)O[C@@H](c2ccc(Cl)cc2)C1c1ccc(Cl)cc1. The maximum atomic E-state index is 14.6. The van der Waals surface area contributed by atoms with Crippen molar-refractivity contribution in [3.05, 3.63) is 99.8 Å². The highest BCUT2D eigenvalue weighted by molar-refractivity contribution is 6.30. The molecule has 1 fully saturated rings. The molecule has 0 aliphatic carbocycles. The molecule has 10 heteroatoms. The molecule has 0 radical (unpaired) electrons. The molecule has 1 aliphatic rings. The molecule has 4 rings (SSSR count). The molecule has 0 saturated carbocycles. The average molecular weight is 600 g/mol. The Balaban J connectivity index is 1.94. The Bertz CT molecular complexity index is 1340. The fraction of sp³-hybridized carbons (Fsp3) is 0.355. The molecule has 1 amide bonds. The topological polar surface area (TPSA) is 95.0 Å². The predicted molar refractivity (Wildman–Crippen MR) is 154 cm³/mol. The number of halogens is 2. The summed E-state index contributed by atoms with van der Waals surface area (Å²) in [6.07, 6.45) is 0.892. The molecule has 0 spiro atoms. The second-order valence-electron chi connectivity index (χ2n) is 9.64. The Morgan fingerprint density at radius 3 is 2.07 bits per heavy atom. The van der Waals surface area contributed by atoms with Crippen LogP contribution in [0.25, 0.3) is 0 Å². The predicted octanol–water partition coefficient (Wildman–Crippen LogP) is 6.43. The van der Waals surface area contributed by atoms with E-state index in [1.54, 1.807) is 67.8 Å². The molecule has 1 aromatic heterocycles. The monoisotopic (exact) mass is 598 g/mol. The van der Waals surface area contributed by atoms with Crippen molar-refractivity contribution in [2.45, 2.75) is 64.0 Å². The highest BCUT2D eigenvalue weighted by Crippen LogP contribution is 2.46. The quantitative estimate of drug-likeness (QED) is 0.248. The Kier molecular flexibility index (Phi) is 10.4. The van der Waals surface area contributed by atoms with Crippen molar-refractivity contribution in [2.75, 3.05) is 6.61 Å². The molecule has 0 bridgehead atoms. The summed E-state index contributed by atoms with van der Waals surface area (Å²) >= 11 is 12.4. The number of carbonyl (C=O) groups is 3. The Morgan fingerprint density at radius 1 is 0.951 bits per heavy atom. The van der Waals surface area contributed by atoms with Gasteiger partial charge >= 0.3 is 11.9 Å². The zero-order chi connectivity index (χ0) is 29.5. The summed E-state index contributed by atoms with van der Waals surface area (Å²) in [4.78, 5) is 45.9. The first-order valence-corrected chi connectivity index (χ1v) is 14.2. The van der Waals surface area contributed by atoms with Crippen LogP contribution in [-0.4, -0.2) is 46.5 Å². The van der Waals surface area contributed by atoms with Gasteiger partial charge in [0.15, 0.2) is 12.2 Å². The maximum absolute atomic E-state index is 14.6. The van der Waals surface area contributed by atoms with Crippen molar-refractivity contribution < 1.29 is 28.6 Å². The Labute approximate surface area is 249 Å². The van der Waals surface area contributed by atoms with Crippen LogP contribution in [0, 0.1) is 0 Å². The van der Waals surface area contributed by atoms with Gasteiger partial charge in [-0.05, 0) is 66.4 Å². The van der Waals surface area contributed by atoms with Gasteiger partial charge in [-0.2, -0.15) is 0 Å². The maximum Gasteiger partial charge on any atom is 0.328 e. The van der Waals surface area contributed by atoms with Crippen molar-refractivity contribution in [1.29, 1.82) is 0 Å². The van der Waals surface area contributed by atoms with Crippen LogP contribution in [0.2, 0.25) is 10.0 Å². The highest BCUT2D eigenvalue weighted by Gasteiger charge is 2.52. The third kappa shape index (κ3) is 7.07. The minimum absolute atomic E-state index is 0.153. The molecule has 0 N–H and O–H groups in total. The van der Waals surface area contributed by atoms with Crippen LogP contribution < -0.4 is 0 Å². The van der Waals surface area contributed by atoms with Gasteiger partial charge in [-0.15, -0.1) is 0 Å². The highest BCUT2D eigenvalue weighted by atomic mass is 35.5. The van der Waals surface area contributed by atoms with Crippen LogP contribution in [0.1, 0.15) is 68.6 Å². The lowest BCUT2D eigenvalue weighted by molar-refractivity contribution is -0.203. The minimum atomic E-state index is -1.28. The molecule has 41 heavy (non-hydrogen) atoms. The molecule has 1 aliphatic heterocycles. The van der Waals surface area contributed by atoms with Crippen LogP contribution in [0.4, 0.5) is 0 Å². The van der Waals surface area contributed by atoms with Crippen molar-refractivity contribution in [2.24, 2.45) is 0 Å². The molecule has 2 heterocycles. The molecule has 8 nitrogen and oxygen atoms in total. The molecule has 3 aromatic rings. The molecule has 2 unspecified atom stereocenters. The molecule has 5 atom stereocenters. The number of morpholine rings is 1. The fourth-order valence-corrected chi connectivity index (χ4v) is 5.35. The van der Waals surface area contributed by atoms with Crippen molar-refractivity contribution in [3.8, 4) is 0 Å². The average Bonchev–Trinajstić information content (AvgIpc) is 2.96. The van der Waals surface area contributed by atoms with Crippen LogP contribution in [-0.2, 0) is 28.6 Å². The minimum Gasteiger partial charge on any atom is -0.464 e. The third-order valence-corrected chi connectivity index (χ3v) is 7.35. The summed E-state index contributed by atoms with van der Waals surface area (Å²) in [5.41, 5.74) is 1.95. The van der Waals surface area contributed by atoms with E-state index in [-0.39, 0.29) is 6.61 Å². The second-order valence-corrected chi connectivity index (χ2v) is 10.5. The molecule has 1 saturated heterocycles. The zero-order valence-corrected chi connectivity index (χ0v) is 24.5. The number of esters is 2. The number of ether oxygens (including phenoxy) is 3. The van der Waals surface area contributed by atoms with Gasteiger partial charge in [0.2, 0.25) is 0 Å². The van der Waals surface area contributed by atoms with E-state index >= 15 is 0 Å². The summed E-state index contributed by atoms with van der Waals surface area (Å²) in [6, 6.07) is 15.8. The Morgan fingerprint density at radius 2 is 1.54 bits per heavy atom. The standard InChI is InChI=1S/C31H32Cl2N2O6/c1-4-6-25(31(38)39-5-2)35-26(20-7-11-23(32)12-8-20)27(21-9-13-24(33)14-10-21)41-29(30(35)37)28(40-19(3)36)22-15-17-34-18-16-22/h7-18,25-29H,4-6H2,1-3H3/t25-,26?,27+,28?,29+/m1/s1. The largest absolute Gasteiger partial charge is 0.464 e. The second kappa shape index (κ2) is 13.9. The number of amides is 1. The van der Waals surface area contributed by atoms with Crippen LogP contribution >= 0.6 is 23.2 Å². The van der Waals surface area contributed by atoms with E-state index in [0.717, 1.165) is 0 Å². The van der Waals surface area contributed by atoms with Gasteiger partial charge in [0, 0.05) is 29.4 Å². The number of nitrogens with zero attached hydrogens (tertiary/aromatic N) is 2. The normalized spacial score (nSPS) is 20.3. The summed E-state index contributed by atoms with van der Waals surface area (Å²) in [7, 11) is 0. The first-order valence-electron chi connectivity index (χ1n) is 13.5. The number of carbonyl (C=O) groups excluding carboxylic acids is 3. The number of aromatic nitrogens is 1. The van der Waals surface area contributed by atoms with Crippen molar-refractivity contribution >= 4 is 41.0 Å². The van der Waals surface area contributed by atoms with Crippen LogP contribution in [0.3, 0.4) is 0 Å². The van der Waals surface area contributed by atoms with Crippen molar-refractivity contribution in [1.82, 2.24) is 9.88 Å². The molecular weight excluding hydrogens is 567 g/mol. The number of hydrogen-bond donors (Lipinski definition) is 0. The number of benzene rings is 2. The van der Waals surface area contributed by atoms with E-state index in [4.69, 9.17) is 37.4 Å². The van der Waals surface area contributed by atoms with E-state index < -0.39 is 48.2 Å². The lowest BCUT2D eigenvalue weighted by Gasteiger charge is -2.48. The molecular formula is C31H32Cl2N2O6. The van der Waals surface area contributed by atoms with Gasteiger partial charge in [-0.25, -0.2) is 4.79 Å². The fourth-order valence-electron chi connectivity index (χ4n) is 5.10. The van der Waals surface area contributed by atoms with E-state index in [0.29, 0.717) is 39.6 Å². The Hall–Kier alpha value is -3.46. The van der Waals surface area contributed by atoms with E-state index in [9.17, 15) is 14.4 Å². The number of pyridine rings is 1. The first-order chi connectivity index (χ1) is 19.7. The van der Waals surface area contributed by atoms with Gasteiger partial charge in [0.25, 0.3) is 5.91 Å². The van der Waals surface area contributed by atoms with Gasteiger partial charge in [-0.1, -0.05) is 60.8 Å². The smallest absolute Gasteiger partial charge is 0.328 e. The first kappa shape index (κ1) is 30.5. The summed E-state index contributed by atoms with van der Waals surface area (Å²) in [6.45, 7) is 5.07.